The van der Waals surface area contributed by atoms with Crippen LogP contribution in [0.2, 0.25) is 0 Å². The molecule has 1 aromatic rings. The average Bonchev–Trinajstić information content (AvgIpc) is 2.56. The van der Waals surface area contributed by atoms with Crippen molar-refractivity contribution in [2.24, 2.45) is 0 Å². The van der Waals surface area contributed by atoms with Gasteiger partial charge in [-0.3, -0.25) is 9.78 Å². The van der Waals surface area contributed by atoms with Crippen LogP contribution in [-0.4, -0.2) is 33.6 Å². The molecule has 0 amide bonds. The van der Waals surface area contributed by atoms with Crippen molar-refractivity contribution in [3.05, 3.63) is 6.07 Å². The van der Waals surface area contributed by atoms with Gasteiger partial charge in [0.05, 0.1) is 0 Å². The van der Waals surface area contributed by atoms with E-state index < -0.39 is 24.3 Å². The second-order valence-corrected chi connectivity index (χ2v) is 3.64. The summed E-state index contributed by atoms with van der Waals surface area (Å²) in [5, 5.41) is 18.2. The zero-order valence-electron chi connectivity index (χ0n) is 10.5. The lowest BCUT2D eigenvalue weighted by Gasteiger charge is -2.13. The third-order valence-electron chi connectivity index (χ3n) is 1.95. The minimum Gasteiger partial charge on any atom is -0.494 e. The first kappa shape index (κ1) is 14.7. The molecule has 1 atom stereocenters. The number of aromatic hydroxyl groups is 2. The topological polar surface area (TPSA) is 118 Å². The molecular weight excluding hydrogens is 258 g/mol. The molecule has 1 heterocycles. The highest BCUT2D eigenvalue weighted by molar-refractivity contribution is 5.70. The normalized spacial score (nSPS) is 11.7. The zero-order valence-corrected chi connectivity index (χ0v) is 10.5. The van der Waals surface area contributed by atoms with Crippen LogP contribution in [0.25, 0.3) is 0 Å². The Bertz CT molecular complexity index is 454. The number of esters is 1. The second-order valence-electron chi connectivity index (χ2n) is 3.64. The third-order valence-corrected chi connectivity index (χ3v) is 1.95. The monoisotopic (exact) mass is 273 g/mol. The third kappa shape index (κ3) is 4.78. The lowest BCUT2D eigenvalue weighted by molar-refractivity contribution is -0.166. The molecule has 0 aromatic carbocycles. The van der Waals surface area contributed by atoms with E-state index in [0.717, 1.165) is 6.07 Å². The number of H-pyrrole nitrogens is 1. The van der Waals surface area contributed by atoms with Crippen LogP contribution < -0.4 is 4.74 Å². The van der Waals surface area contributed by atoms with Gasteiger partial charge in [0, 0.05) is 19.4 Å². The van der Waals surface area contributed by atoms with Gasteiger partial charge < -0.3 is 24.4 Å². The van der Waals surface area contributed by atoms with E-state index in [1.54, 1.807) is 0 Å². The van der Waals surface area contributed by atoms with E-state index in [1.165, 1.54) is 6.92 Å². The van der Waals surface area contributed by atoms with Gasteiger partial charge in [-0.15, -0.1) is 0 Å². The number of hydrogen-bond donors (Lipinski definition) is 3. The number of aromatic nitrogens is 1. The molecule has 0 fully saturated rings. The quantitative estimate of drug-likeness (QED) is 0.551. The van der Waals surface area contributed by atoms with Crippen molar-refractivity contribution >= 4 is 12.1 Å². The Morgan fingerprint density at radius 1 is 1.37 bits per heavy atom. The van der Waals surface area contributed by atoms with Crippen molar-refractivity contribution in [3.8, 4) is 17.5 Å². The molecule has 1 rings (SSSR count). The minimum atomic E-state index is -1.17. The molecule has 0 spiro atoms. The summed E-state index contributed by atoms with van der Waals surface area (Å²) in [6.07, 6.45) is -1.45. The minimum absolute atomic E-state index is 0.217. The van der Waals surface area contributed by atoms with Crippen LogP contribution >= 0.6 is 0 Å². The maximum Gasteiger partial charge on any atom is 0.517 e. The van der Waals surface area contributed by atoms with Crippen molar-refractivity contribution in [3.63, 3.8) is 0 Å². The van der Waals surface area contributed by atoms with Gasteiger partial charge in [-0.2, -0.15) is 0 Å². The van der Waals surface area contributed by atoms with E-state index in [-0.39, 0.29) is 18.1 Å². The lowest BCUT2D eigenvalue weighted by atomic mass is 10.3. The highest BCUT2D eigenvalue weighted by Gasteiger charge is 2.18. The molecule has 0 saturated heterocycles. The molecule has 1 unspecified atom stereocenters. The van der Waals surface area contributed by atoms with Crippen LogP contribution in [-0.2, 0) is 14.3 Å². The van der Waals surface area contributed by atoms with Gasteiger partial charge in [-0.1, -0.05) is 6.92 Å². The molecule has 3 N–H and O–H groups in total. The van der Waals surface area contributed by atoms with Crippen LogP contribution in [0, 0.1) is 0 Å². The van der Waals surface area contributed by atoms with Gasteiger partial charge in [-0.25, -0.2) is 4.79 Å². The highest BCUT2D eigenvalue weighted by atomic mass is 16.8. The summed E-state index contributed by atoms with van der Waals surface area (Å²) in [5.74, 6) is -1.69. The van der Waals surface area contributed by atoms with E-state index in [4.69, 9.17) is 9.84 Å². The molecule has 0 radical (unpaired) electrons. The van der Waals surface area contributed by atoms with Crippen molar-refractivity contribution < 1.29 is 34.0 Å². The van der Waals surface area contributed by atoms with E-state index in [1.807, 2.05) is 6.92 Å². The molecule has 8 heteroatoms. The molecule has 19 heavy (non-hydrogen) atoms. The summed E-state index contributed by atoms with van der Waals surface area (Å²) in [4.78, 5) is 24.5. The molecule has 0 saturated carbocycles. The predicted molar refractivity (Wildman–Crippen MR) is 61.7 cm³/mol. The first-order valence-electron chi connectivity index (χ1n) is 5.61. The molecule has 106 valence electrons. The van der Waals surface area contributed by atoms with Crippen molar-refractivity contribution in [1.29, 1.82) is 0 Å². The largest absolute Gasteiger partial charge is 0.517 e. The van der Waals surface area contributed by atoms with Gasteiger partial charge in [0.25, 0.3) is 0 Å². The number of aromatic amines is 1. The molecule has 0 aliphatic heterocycles. The molecule has 0 bridgehead atoms. The molecule has 0 aliphatic carbocycles. The van der Waals surface area contributed by atoms with Gasteiger partial charge in [0.15, 0.2) is 11.6 Å². The SMILES string of the molecule is CCCC(=O)OC(C)OC(=O)Oc1cc(O)[nH]c1O. The van der Waals surface area contributed by atoms with E-state index in [2.05, 4.69) is 14.5 Å². The number of carbonyl (C=O) groups excluding carboxylic acids is 2. The number of rotatable bonds is 5. The van der Waals surface area contributed by atoms with Crippen molar-refractivity contribution in [1.82, 2.24) is 4.98 Å². The summed E-state index contributed by atoms with van der Waals surface area (Å²) in [6.45, 7) is 3.16. The maximum absolute atomic E-state index is 11.3. The average molecular weight is 273 g/mol. The predicted octanol–water partition coefficient (Wildman–Crippen LogP) is 1.63. The van der Waals surface area contributed by atoms with E-state index in [0.29, 0.717) is 6.42 Å². The summed E-state index contributed by atoms with van der Waals surface area (Å²) in [7, 11) is 0. The molecule has 1 aromatic heterocycles. The molecule has 8 nitrogen and oxygen atoms in total. The van der Waals surface area contributed by atoms with Gasteiger partial charge in [-0.05, 0) is 6.42 Å². The fourth-order valence-corrected chi connectivity index (χ4v) is 1.21. The Balaban J connectivity index is 2.42. The van der Waals surface area contributed by atoms with Crippen LogP contribution in [0.4, 0.5) is 4.79 Å². The van der Waals surface area contributed by atoms with Crippen LogP contribution in [0.3, 0.4) is 0 Å². The first-order chi connectivity index (χ1) is 8.92. The Hall–Kier alpha value is -2.38. The molecule has 0 aliphatic rings. The fourth-order valence-electron chi connectivity index (χ4n) is 1.21. The van der Waals surface area contributed by atoms with E-state index in [9.17, 15) is 14.7 Å². The number of hydrogen-bond acceptors (Lipinski definition) is 7. The Morgan fingerprint density at radius 2 is 2.05 bits per heavy atom. The zero-order chi connectivity index (χ0) is 14.4. The van der Waals surface area contributed by atoms with Gasteiger partial charge >= 0.3 is 12.1 Å². The summed E-state index contributed by atoms with van der Waals surface area (Å²) in [6, 6.07) is 0.990. The van der Waals surface area contributed by atoms with Crippen LogP contribution in [0.1, 0.15) is 26.7 Å². The lowest BCUT2D eigenvalue weighted by Crippen LogP contribution is -2.23. The standard InChI is InChI=1S/C11H15NO7/c1-3-4-9(14)17-6(2)18-11(16)19-7-5-8(13)12-10(7)15/h5-6,12-13,15H,3-4H2,1-2H3. The van der Waals surface area contributed by atoms with Crippen molar-refractivity contribution in [2.45, 2.75) is 33.0 Å². The maximum atomic E-state index is 11.3. The Morgan fingerprint density at radius 3 is 2.58 bits per heavy atom. The number of ether oxygens (including phenoxy) is 3. The highest BCUT2D eigenvalue weighted by Crippen LogP contribution is 2.29. The summed E-state index contributed by atoms with van der Waals surface area (Å²) < 4.78 is 14.0. The van der Waals surface area contributed by atoms with Crippen molar-refractivity contribution in [2.75, 3.05) is 0 Å². The van der Waals surface area contributed by atoms with Gasteiger partial charge in [0.2, 0.25) is 12.2 Å². The summed E-state index contributed by atoms with van der Waals surface area (Å²) in [5.41, 5.74) is 0. The Labute approximate surface area is 108 Å². The van der Waals surface area contributed by atoms with Crippen LogP contribution in [0.5, 0.6) is 17.5 Å². The van der Waals surface area contributed by atoms with E-state index >= 15 is 0 Å². The number of nitrogens with one attached hydrogen (secondary N) is 1. The summed E-state index contributed by atoms with van der Waals surface area (Å²) >= 11 is 0. The smallest absolute Gasteiger partial charge is 0.494 e. The molecular formula is C11H15NO7. The Kier molecular flexibility index (Phi) is 5.04. The fraction of sp³-hybridized carbons (Fsp3) is 0.455. The van der Waals surface area contributed by atoms with Gasteiger partial charge in [0.1, 0.15) is 0 Å². The number of carbonyl (C=O) groups is 2. The second kappa shape index (κ2) is 6.53. The first-order valence-corrected chi connectivity index (χ1v) is 5.61. The van der Waals surface area contributed by atoms with Crippen LogP contribution in [0.15, 0.2) is 6.07 Å².